The van der Waals surface area contributed by atoms with Crippen LogP contribution in [0, 0.1) is 0 Å². The van der Waals surface area contributed by atoms with Crippen LogP contribution in [0.2, 0.25) is 0 Å². The van der Waals surface area contributed by atoms with Crippen molar-refractivity contribution >= 4 is 23.3 Å². The molecule has 0 aliphatic heterocycles. The van der Waals surface area contributed by atoms with Crippen LogP contribution in [0.4, 0.5) is 0 Å². The zero-order chi connectivity index (χ0) is 19.1. The Balaban J connectivity index is 0. The molecule has 27 heavy (non-hydrogen) atoms. The first-order chi connectivity index (χ1) is 12.8. The zero-order valence-electron chi connectivity index (χ0n) is 18.5. The number of carbonyl (C=O) groups excluding carboxylic acids is 1. The Bertz CT molecular complexity index is 282. The Morgan fingerprint density at radius 3 is 0.926 bits per heavy atom. The Kier molecular flexibility index (Phi) is 28.1. The van der Waals surface area contributed by atoms with E-state index in [-0.39, 0.29) is 23.8 Å². The van der Waals surface area contributed by atoms with Crippen LogP contribution in [0.3, 0.4) is 0 Å². The van der Waals surface area contributed by atoms with E-state index in [0.29, 0.717) is 0 Å². The second kappa shape index (κ2) is 26.0. The summed E-state index contributed by atoms with van der Waals surface area (Å²) >= 11 is 0. The molecule has 0 saturated carbocycles. The van der Waals surface area contributed by atoms with Gasteiger partial charge in [0.05, 0.1) is 0 Å². The summed E-state index contributed by atoms with van der Waals surface area (Å²) in [5.41, 5.74) is 0. The quantitative estimate of drug-likeness (QED) is 0.147. The summed E-state index contributed by atoms with van der Waals surface area (Å²) in [6.45, 7) is 2.29. The van der Waals surface area contributed by atoms with Gasteiger partial charge in [0.15, 0.2) is 0 Å². The van der Waals surface area contributed by atoms with E-state index in [1.54, 1.807) is 0 Å². The summed E-state index contributed by atoms with van der Waals surface area (Å²) in [6.07, 6.45) is 28.7. The van der Waals surface area contributed by atoms with E-state index in [2.05, 4.69) is 6.92 Å². The molecule has 0 bridgehead atoms. The van der Waals surface area contributed by atoms with Crippen LogP contribution in [0.25, 0.3) is 0 Å². The van der Waals surface area contributed by atoms with E-state index < -0.39 is 5.97 Å². The average molecular weight is 395 g/mol. The van der Waals surface area contributed by atoms with Gasteiger partial charge in [0.1, 0.15) is 0 Å². The maximum absolute atomic E-state index is 10.3. The van der Waals surface area contributed by atoms with Gasteiger partial charge in [0.25, 0.3) is 0 Å². The van der Waals surface area contributed by atoms with E-state index in [4.69, 9.17) is 0 Å². The number of carboxylic acids is 1. The maximum Gasteiger partial charge on any atom is 3.00 e. The summed E-state index contributed by atoms with van der Waals surface area (Å²) in [5, 5.41) is 10.3. The molecule has 0 heterocycles. The molecule has 0 aliphatic carbocycles. The van der Waals surface area contributed by atoms with Crippen LogP contribution >= 0.6 is 0 Å². The number of hydrogen-bond acceptors (Lipinski definition) is 2. The topological polar surface area (TPSA) is 40.1 Å². The molecule has 0 rings (SSSR count). The fourth-order valence-corrected chi connectivity index (χ4v) is 3.70. The summed E-state index contributed by atoms with van der Waals surface area (Å²) in [7, 11) is 0. The van der Waals surface area contributed by atoms with E-state index in [1.807, 2.05) is 0 Å². The number of unbranched alkanes of at least 4 members (excludes halogenated alkanes) is 20. The number of rotatable bonds is 22. The first-order valence-electron chi connectivity index (χ1n) is 12.0. The van der Waals surface area contributed by atoms with Gasteiger partial charge in [-0.05, 0) is 12.8 Å². The molecule has 0 aromatic carbocycles. The summed E-state index contributed by atoms with van der Waals surface area (Å²) in [4.78, 5) is 10.3. The predicted molar refractivity (Wildman–Crippen MR) is 118 cm³/mol. The van der Waals surface area contributed by atoms with Gasteiger partial charge in [-0.25, -0.2) is 0 Å². The Morgan fingerprint density at radius 1 is 0.481 bits per heavy atom. The standard InChI is InChI=1S/C24H48O2.Al/c1-2-3-4-5-6-7-8-9-10-11-12-13-14-15-16-17-18-19-20-21-22-23-24(25)26;/h2-23H2,1H3,(H,25,26);/q;+3/p-1. The number of carbonyl (C=O) groups is 1. The van der Waals surface area contributed by atoms with E-state index in [1.165, 1.54) is 122 Å². The summed E-state index contributed by atoms with van der Waals surface area (Å²) in [5.74, 6) is -0.900. The van der Waals surface area contributed by atoms with E-state index in [9.17, 15) is 9.90 Å². The minimum atomic E-state index is -0.900. The Labute approximate surface area is 181 Å². The molecule has 0 fully saturated rings. The normalized spacial score (nSPS) is 10.7. The van der Waals surface area contributed by atoms with Crippen LogP contribution < -0.4 is 5.11 Å². The third-order valence-electron chi connectivity index (χ3n) is 5.48. The van der Waals surface area contributed by atoms with Crippen LogP contribution in [0.1, 0.15) is 148 Å². The number of hydrogen-bond donors (Lipinski definition) is 0. The van der Waals surface area contributed by atoms with Crippen LogP contribution in [-0.2, 0) is 4.79 Å². The monoisotopic (exact) mass is 394 g/mol. The smallest absolute Gasteiger partial charge is 0.550 e. The van der Waals surface area contributed by atoms with Gasteiger partial charge in [0, 0.05) is 5.97 Å². The van der Waals surface area contributed by atoms with Crippen molar-refractivity contribution in [1.82, 2.24) is 0 Å². The third-order valence-corrected chi connectivity index (χ3v) is 5.48. The van der Waals surface area contributed by atoms with Gasteiger partial charge in [0.2, 0.25) is 0 Å². The van der Waals surface area contributed by atoms with Crippen molar-refractivity contribution < 1.29 is 9.90 Å². The van der Waals surface area contributed by atoms with Crippen LogP contribution in [0.15, 0.2) is 0 Å². The van der Waals surface area contributed by atoms with Crippen molar-refractivity contribution in [3.05, 3.63) is 0 Å². The fourth-order valence-electron chi connectivity index (χ4n) is 3.70. The van der Waals surface area contributed by atoms with Crippen molar-refractivity contribution in [2.45, 2.75) is 148 Å². The van der Waals surface area contributed by atoms with Crippen LogP contribution in [0.5, 0.6) is 0 Å². The molecule has 156 valence electrons. The molecule has 0 aromatic rings. The second-order valence-electron chi connectivity index (χ2n) is 8.19. The molecule has 0 amide bonds. The largest absolute Gasteiger partial charge is 3.00 e. The first kappa shape index (κ1) is 29.2. The zero-order valence-corrected chi connectivity index (χ0v) is 19.6. The second-order valence-corrected chi connectivity index (χ2v) is 8.19. The summed E-state index contributed by atoms with van der Waals surface area (Å²) in [6, 6.07) is 0. The number of carboxylic acid groups (broad SMARTS) is 1. The van der Waals surface area contributed by atoms with Crippen molar-refractivity contribution in [2.24, 2.45) is 0 Å². The average Bonchev–Trinajstić information content (AvgIpc) is 2.62. The maximum atomic E-state index is 10.3. The molecule has 0 spiro atoms. The molecule has 3 heteroatoms. The molecular weight excluding hydrogens is 347 g/mol. The molecule has 0 atom stereocenters. The van der Waals surface area contributed by atoms with E-state index >= 15 is 0 Å². The molecule has 0 unspecified atom stereocenters. The first-order valence-corrected chi connectivity index (χ1v) is 12.0. The third kappa shape index (κ3) is 28.3. The Hall–Kier alpha value is 0.00247. The van der Waals surface area contributed by atoms with Gasteiger partial charge in [-0.1, -0.05) is 135 Å². The molecule has 0 aliphatic rings. The van der Waals surface area contributed by atoms with E-state index in [0.717, 1.165) is 12.8 Å². The molecule has 2 nitrogen and oxygen atoms in total. The van der Waals surface area contributed by atoms with Crippen LogP contribution in [-0.4, -0.2) is 23.3 Å². The van der Waals surface area contributed by atoms with Crippen molar-refractivity contribution in [2.75, 3.05) is 0 Å². The molecule has 0 saturated heterocycles. The minimum Gasteiger partial charge on any atom is -0.550 e. The summed E-state index contributed by atoms with van der Waals surface area (Å²) < 4.78 is 0. The van der Waals surface area contributed by atoms with Gasteiger partial charge in [-0.15, -0.1) is 0 Å². The molecule has 0 radical (unpaired) electrons. The van der Waals surface area contributed by atoms with Crippen molar-refractivity contribution in [1.29, 1.82) is 0 Å². The predicted octanol–water partition coefficient (Wildman–Crippen LogP) is 6.96. The van der Waals surface area contributed by atoms with Gasteiger partial charge >= 0.3 is 17.4 Å². The molecule has 0 aromatic heterocycles. The molecule has 0 N–H and O–H groups in total. The van der Waals surface area contributed by atoms with Gasteiger partial charge in [-0.2, -0.15) is 0 Å². The fraction of sp³-hybridized carbons (Fsp3) is 0.958. The number of aliphatic carboxylic acids is 1. The van der Waals surface area contributed by atoms with Crippen molar-refractivity contribution in [3.8, 4) is 0 Å². The Morgan fingerprint density at radius 2 is 0.704 bits per heavy atom. The minimum absolute atomic E-state index is 0. The SMILES string of the molecule is CCCCCCCCCCCCCCCCCCCCCCCC(=O)[O-].[Al+3]. The van der Waals surface area contributed by atoms with Gasteiger partial charge in [-0.3, -0.25) is 0 Å². The van der Waals surface area contributed by atoms with Crippen molar-refractivity contribution in [3.63, 3.8) is 0 Å². The van der Waals surface area contributed by atoms with Gasteiger partial charge < -0.3 is 9.90 Å². The molecular formula is C24H47AlO2+2.